The van der Waals surface area contributed by atoms with Crippen LogP contribution in [0.3, 0.4) is 0 Å². The zero-order chi connectivity index (χ0) is 21.8. The molecule has 2 aromatic carbocycles. The summed E-state index contributed by atoms with van der Waals surface area (Å²) in [6, 6.07) is 20.6. The third kappa shape index (κ3) is 4.61. The first kappa shape index (κ1) is 22.5. The van der Waals surface area contributed by atoms with E-state index in [-0.39, 0.29) is 29.7 Å². The Kier molecular flexibility index (Phi) is 7.01. The van der Waals surface area contributed by atoms with Crippen molar-refractivity contribution in [3.8, 4) is 0 Å². The highest BCUT2D eigenvalue weighted by Crippen LogP contribution is 2.39. The SMILES string of the molecule is CC(C)(C)[Si](OC1CCC(CO)C(NC(=O)O)C1)(c1ccccc1)c1ccccc1. The van der Waals surface area contributed by atoms with Crippen molar-refractivity contribution in [3.63, 3.8) is 0 Å². The van der Waals surface area contributed by atoms with Gasteiger partial charge in [-0.3, -0.25) is 0 Å². The largest absolute Gasteiger partial charge is 0.465 e. The lowest BCUT2D eigenvalue weighted by Gasteiger charge is -2.47. The minimum atomic E-state index is -2.68. The third-order valence-corrected chi connectivity index (χ3v) is 11.3. The molecule has 0 spiro atoms. The Bertz CT molecular complexity index is 783. The van der Waals surface area contributed by atoms with Gasteiger partial charge in [0, 0.05) is 24.7 Å². The standard InChI is InChI=1S/C24H33NO4Si/c1-24(2,3)30(20-10-6-4-7-11-20,21-12-8-5-9-13-21)29-19-15-14-18(17-26)22(16-19)25-23(27)28/h4-13,18-19,22,25-26H,14-17H2,1-3H3,(H,27,28). The molecule has 1 fully saturated rings. The van der Waals surface area contributed by atoms with Crippen LogP contribution in [0.1, 0.15) is 40.0 Å². The molecule has 5 nitrogen and oxygen atoms in total. The summed E-state index contributed by atoms with van der Waals surface area (Å²) in [7, 11) is -2.68. The summed E-state index contributed by atoms with van der Waals surface area (Å²) >= 11 is 0. The summed E-state index contributed by atoms with van der Waals surface area (Å²) in [5, 5.41) is 23.9. The van der Waals surface area contributed by atoms with Crippen LogP contribution >= 0.6 is 0 Å². The van der Waals surface area contributed by atoms with Crippen LogP contribution in [-0.2, 0) is 4.43 Å². The fourth-order valence-corrected chi connectivity index (χ4v) is 9.53. The molecule has 0 aliphatic heterocycles. The summed E-state index contributed by atoms with van der Waals surface area (Å²) in [6.45, 7) is 6.71. The quantitative estimate of drug-likeness (QED) is 0.618. The molecule has 0 bridgehead atoms. The number of carbonyl (C=O) groups is 1. The number of hydrogen-bond donors (Lipinski definition) is 3. The monoisotopic (exact) mass is 427 g/mol. The van der Waals surface area contributed by atoms with E-state index in [4.69, 9.17) is 4.43 Å². The number of rotatable bonds is 6. The van der Waals surface area contributed by atoms with Crippen LogP contribution in [0, 0.1) is 5.92 Å². The molecule has 0 heterocycles. The van der Waals surface area contributed by atoms with Crippen molar-refractivity contribution in [2.24, 2.45) is 5.92 Å². The molecule has 0 radical (unpaired) electrons. The summed E-state index contributed by atoms with van der Waals surface area (Å²) in [5.74, 6) is -0.0693. The van der Waals surface area contributed by atoms with Crippen molar-refractivity contribution in [1.29, 1.82) is 0 Å². The van der Waals surface area contributed by atoms with Crippen LogP contribution in [0.2, 0.25) is 5.04 Å². The number of nitrogens with one attached hydrogen (secondary N) is 1. The molecule has 1 aliphatic rings. The van der Waals surface area contributed by atoms with Crippen molar-refractivity contribution >= 4 is 24.8 Å². The van der Waals surface area contributed by atoms with Crippen molar-refractivity contribution in [2.75, 3.05) is 6.61 Å². The van der Waals surface area contributed by atoms with Gasteiger partial charge < -0.3 is 20.0 Å². The first-order valence-corrected chi connectivity index (χ1v) is 12.6. The molecule has 30 heavy (non-hydrogen) atoms. The van der Waals surface area contributed by atoms with Gasteiger partial charge in [-0.1, -0.05) is 81.4 Å². The molecule has 3 unspecified atom stereocenters. The van der Waals surface area contributed by atoms with E-state index in [0.717, 1.165) is 12.8 Å². The van der Waals surface area contributed by atoms with Gasteiger partial charge in [0.15, 0.2) is 0 Å². The minimum absolute atomic E-state index is 0.0170. The summed E-state index contributed by atoms with van der Waals surface area (Å²) in [6.07, 6.45) is 1.00. The maximum atomic E-state index is 11.3. The molecule has 2 aromatic rings. The molecule has 0 saturated heterocycles. The molecule has 1 amide bonds. The summed E-state index contributed by atoms with van der Waals surface area (Å²) in [5.41, 5.74) is 0. The van der Waals surface area contributed by atoms with E-state index in [9.17, 15) is 15.0 Å². The van der Waals surface area contributed by atoms with E-state index in [1.807, 2.05) is 12.1 Å². The Morgan fingerprint density at radius 1 is 1.03 bits per heavy atom. The number of aliphatic hydroxyl groups excluding tert-OH is 1. The predicted molar refractivity (Wildman–Crippen MR) is 122 cm³/mol. The maximum Gasteiger partial charge on any atom is 0.404 e. The zero-order valence-electron chi connectivity index (χ0n) is 18.0. The average Bonchev–Trinajstić information content (AvgIpc) is 2.72. The third-order valence-electron chi connectivity index (χ3n) is 6.25. The van der Waals surface area contributed by atoms with Gasteiger partial charge in [0.1, 0.15) is 0 Å². The fraction of sp³-hybridized carbons (Fsp3) is 0.458. The van der Waals surface area contributed by atoms with Gasteiger partial charge in [-0.25, -0.2) is 4.79 Å². The van der Waals surface area contributed by atoms with Crippen LogP contribution in [0.15, 0.2) is 60.7 Å². The second-order valence-electron chi connectivity index (χ2n) is 9.21. The van der Waals surface area contributed by atoms with Gasteiger partial charge in [0.25, 0.3) is 8.32 Å². The number of amides is 1. The van der Waals surface area contributed by atoms with Gasteiger partial charge >= 0.3 is 6.09 Å². The van der Waals surface area contributed by atoms with Crippen LogP contribution in [0.5, 0.6) is 0 Å². The van der Waals surface area contributed by atoms with Crippen LogP contribution in [-0.4, -0.2) is 43.4 Å². The Balaban J connectivity index is 2.02. The molecule has 3 atom stereocenters. The number of aliphatic hydroxyl groups is 1. The highest BCUT2D eigenvalue weighted by molar-refractivity contribution is 6.99. The zero-order valence-corrected chi connectivity index (χ0v) is 19.0. The highest BCUT2D eigenvalue weighted by atomic mass is 28.4. The van der Waals surface area contributed by atoms with E-state index in [2.05, 4.69) is 74.6 Å². The fourth-order valence-electron chi connectivity index (χ4n) is 4.80. The van der Waals surface area contributed by atoms with Gasteiger partial charge in [0.05, 0.1) is 0 Å². The maximum absolute atomic E-state index is 11.3. The first-order chi connectivity index (χ1) is 14.3. The Morgan fingerprint density at radius 2 is 1.57 bits per heavy atom. The molecular formula is C24H33NO4Si. The molecule has 1 aliphatic carbocycles. The molecule has 6 heteroatoms. The first-order valence-electron chi connectivity index (χ1n) is 10.7. The highest BCUT2D eigenvalue weighted by Gasteiger charge is 2.52. The molecule has 1 saturated carbocycles. The minimum Gasteiger partial charge on any atom is -0.465 e. The van der Waals surface area contributed by atoms with Crippen LogP contribution in [0.4, 0.5) is 4.79 Å². The average molecular weight is 428 g/mol. The van der Waals surface area contributed by atoms with Crippen molar-refractivity contribution in [2.45, 2.75) is 57.2 Å². The van der Waals surface area contributed by atoms with Crippen molar-refractivity contribution < 1.29 is 19.4 Å². The Labute approximate surface area is 180 Å². The number of benzene rings is 2. The normalized spacial score (nSPS) is 22.5. The summed E-state index contributed by atoms with van der Waals surface area (Å²) < 4.78 is 7.14. The van der Waals surface area contributed by atoms with Gasteiger partial charge in [-0.15, -0.1) is 0 Å². The Hall–Kier alpha value is -2.15. The lowest BCUT2D eigenvalue weighted by atomic mass is 9.83. The predicted octanol–water partition coefficient (Wildman–Crippen LogP) is 3.36. The number of hydrogen-bond acceptors (Lipinski definition) is 3. The van der Waals surface area contributed by atoms with E-state index in [0.29, 0.717) is 6.42 Å². The summed E-state index contributed by atoms with van der Waals surface area (Å²) in [4.78, 5) is 11.3. The molecule has 0 aromatic heterocycles. The van der Waals surface area contributed by atoms with Crippen LogP contribution in [0.25, 0.3) is 0 Å². The van der Waals surface area contributed by atoms with Crippen molar-refractivity contribution in [1.82, 2.24) is 5.32 Å². The van der Waals surface area contributed by atoms with E-state index >= 15 is 0 Å². The lowest BCUT2D eigenvalue weighted by molar-refractivity contribution is 0.0691. The second kappa shape index (κ2) is 9.33. The topological polar surface area (TPSA) is 78.8 Å². The van der Waals surface area contributed by atoms with Crippen molar-refractivity contribution in [3.05, 3.63) is 60.7 Å². The molecule has 162 valence electrons. The molecule has 3 N–H and O–H groups in total. The smallest absolute Gasteiger partial charge is 0.404 e. The molecule has 3 rings (SSSR count). The van der Waals surface area contributed by atoms with Crippen LogP contribution < -0.4 is 15.7 Å². The van der Waals surface area contributed by atoms with E-state index < -0.39 is 14.4 Å². The van der Waals surface area contributed by atoms with E-state index in [1.54, 1.807) is 0 Å². The van der Waals surface area contributed by atoms with Gasteiger partial charge in [-0.2, -0.15) is 0 Å². The van der Waals surface area contributed by atoms with Gasteiger partial charge in [0.2, 0.25) is 0 Å². The van der Waals surface area contributed by atoms with E-state index in [1.165, 1.54) is 10.4 Å². The Morgan fingerprint density at radius 3 is 2.00 bits per heavy atom. The number of carboxylic acid groups (broad SMARTS) is 1. The lowest BCUT2D eigenvalue weighted by Crippen LogP contribution is -2.68. The van der Waals surface area contributed by atoms with Gasteiger partial charge in [-0.05, 0) is 34.7 Å². The second-order valence-corrected chi connectivity index (χ2v) is 13.5. The molecular weight excluding hydrogens is 394 g/mol.